The number of aryl methyl sites for hydroxylation is 1. The Kier molecular flexibility index (Phi) is 5.44. The van der Waals surface area contributed by atoms with Gasteiger partial charge < -0.3 is 9.30 Å². The van der Waals surface area contributed by atoms with E-state index in [0.29, 0.717) is 17.5 Å². The van der Waals surface area contributed by atoms with Crippen LogP contribution in [0, 0.1) is 24.7 Å². The molecule has 0 bridgehead atoms. The second kappa shape index (κ2) is 8.32. The minimum Gasteiger partial charge on any atom is -0.485 e. The van der Waals surface area contributed by atoms with E-state index in [1.165, 1.54) is 18.9 Å². The van der Waals surface area contributed by atoms with Crippen LogP contribution in [0.1, 0.15) is 48.3 Å². The maximum atomic E-state index is 12.7. The molecule has 1 saturated carbocycles. The first kappa shape index (κ1) is 18.9. The van der Waals surface area contributed by atoms with Crippen molar-refractivity contribution in [3.63, 3.8) is 0 Å². The Bertz CT molecular complexity index is 1120. The molecule has 1 aromatic carbocycles. The van der Waals surface area contributed by atoms with Gasteiger partial charge >= 0.3 is 0 Å². The molecule has 1 atom stereocenters. The average molecular weight is 385 g/mol. The third kappa shape index (κ3) is 4.72. The van der Waals surface area contributed by atoms with Crippen LogP contribution >= 0.6 is 0 Å². The molecular weight excluding hydrogens is 362 g/mol. The fourth-order valence-corrected chi connectivity index (χ4v) is 3.22. The van der Waals surface area contributed by atoms with Crippen molar-refractivity contribution < 1.29 is 4.74 Å². The molecule has 5 heteroatoms. The van der Waals surface area contributed by atoms with Crippen molar-refractivity contribution in [3.8, 4) is 17.6 Å². The van der Waals surface area contributed by atoms with E-state index in [2.05, 4.69) is 40.9 Å². The molecule has 1 aliphatic carbocycles. The lowest BCUT2D eigenvalue weighted by atomic mass is 9.99. The van der Waals surface area contributed by atoms with Crippen LogP contribution < -0.4 is 10.3 Å². The van der Waals surface area contributed by atoms with Gasteiger partial charge in [-0.1, -0.05) is 17.9 Å². The number of pyridine rings is 1. The molecule has 0 aliphatic heterocycles. The van der Waals surface area contributed by atoms with E-state index in [1.54, 1.807) is 35.3 Å². The van der Waals surface area contributed by atoms with Gasteiger partial charge in [0.1, 0.15) is 12.4 Å². The zero-order chi connectivity index (χ0) is 20.2. The standard InChI is InChI=1S/C24H23N3O2/c1-17-14-20(7-6-19-4-5-19)8-9-22(17)18(2)27-13-10-21(15-24(27)28)29-16-23-25-11-3-12-26-23/h3,8-15,18-19H,4-5,16H2,1-2H3. The number of ether oxygens (including phenoxy) is 1. The van der Waals surface area contributed by atoms with Gasteiger partial charge in [-0.2, -0.15) is 0 Å². The number of rotatable bonds is 5. The predicted octanol–water partition coefficient (Wildman–Crippen LogP) is 3.90. The summed E-state index contributed by atoms with van der Waals surface area (Å²) >= 11 is 0. The van der Waals surface area contributed by atoms with Crippen molar-refractivity contribution in [1.82, 2.24) is 14.5 Å². The molecule has 1 aliphatic rings. The molecule has 2 heterocycles. The smallest absolute Gasteiger partial charge is 0.254 e. The molecular formula is C24H23N3O2. The molecule has 0 N–H and O–H groups in total. The van der Waals surface area contributed by atoms with Gasteiger partial charge in [-0.25, -0.2) is 9.97 Å². The topological polar surface area (TPSA) is 57.0 Å². The van der Waals surface area contributed by atoms with Gasteiger partial charge in [0.25, 0.3) is 5.56 Å². The molecule has 0 spiro atoms. The lowest BCUT2D eigenvalue weighted by molar-refractivity contribution is 0.294. The Morgan fingerprint density at radius 2 is 2.00 bits per heavy atom. The summed E-state index contributed by atoms with van der Waals surface area (Å²) in [6.07, 6.45) is 7.55. The number of aromatic nitrogens is 3. The number of hydrogen-bond acceptors (Lipinski definition) is 4. The summed E-state index contributed by atoms with van der Waals surface area (Å²) in [5.74, 6) is 8.21. The van der Waals surface area contributed by atoms with Crippen LogP contribution in [0.5, 0.6) is 5.75 Å². The molecule has 4 rings (SSSR count). The molecule has 0 saturated heterocycles. The fourth-order valence-electron chi connectivity index (χ4n) is 3.22. The van der Waals surface area contributed by atoms with E-state index in [0.717, 1.165) is 16.7 Å². The first-order chi connectivity index (χ1) is 14.1. The van der Waals surface area contributed by atoms with Gasteiger partial charge in [0.2, 0.25) is 0 Å². The summed E-state index contributed by atoms with van der Waals surface area (Å²) < 4.78 is 7.36. The van der Waals surface area contributed by atoms with Gasteiger partial charge in [-0.05, 0) is 62.1 Å². The van der Waals surface area contributed by atoms with Crippen LogP contribution in [0.4, 0.5) is 0 Å². The van der Waals surface area contributed by atoms with E-state index in [9.17, 15) is 4.79 Å². The number of benzene rings is 1. The van der Waals surface area contributed by atoms with Crippen LogP contribution in [0.2, 0.25) is 0 Å². The summed E-state index contributed by atoms with van der Waals surface area (Å²) in [5.41, 5.74) is 3.16. The highest BCUT2D eigenvalue weighted by Gasteiger charge is 2.18. The predicted molar refractivity (Wildman–Crippen MR) is 112 cm³/mol. The Labute approximate surface area is 170 Å². The molecule has 3 aromatic rings. The highest BCUT2D eigenvalue weighted by molar-refractivity contribution is 5.42. The number of nitrogens with zero attached hydrogens (tertiary/aromatic N) is 3. The average Bonchev–Trinajstić information content (AvgIpc) is 3.56. The molecule has 29 heavy (non-hydrogen) atoms. The van der Waals surface area contributed by atoms with Crippen LogP contribution in [0.15, 0.2) is 59.8 Å². The second-order valence-electron chi connectivity index (χ2n) is 7.35. The quantitative estimate of drug-likeness (QED) is 0.625. The summed E-state index contributed by atoms with van der Waals surface area (Å²) in [5, 5.41) is 0. The van der Waals surface area contributed by atoms with Crippen molar-refractivity contribution in [3.05, 3.63) is 87.9 Å². The van der Waals surface area contributed by atoms with E-state index in [-0.39, 0.29) is 18.2 Å². The van der Waals surface area contributed by atoms with Gasteiger partial charge in [0.15, 0.2) is 5.82 Å². The highest BCUT2D eigenvalue weighted by Crippen LogP contribution is 2.28. The van der Waals surface area contributed by atoms with E-state index in [1.807, 2.05) is 13.0 Å². The molecule has 1 unspecified atom stereocenters. The van der Waals surface area contributed by atoms with Gasteiger partial charge in [0.05, 0.1) is 6.04 Å². The van der Waals surface area contributed by atoms with E-state index < -0.39 is 0 Å². The van der Waals surface area contributed by atoms with Crippen molar-refractivity contribution >= 4 is 0 Å². The summed E-state index contributed by atoms with van der Waals surface area (Å²) in [6, 6.07) is 11.2. The third-order valence-corrected chi connectivity index (χ3v) is 5.04. The van der Waals surface area contributed by atoms with E-state index >= 15 is 0 Å². The normalized spacial score (nSPS) is 14.0. The zero-order valence-electron chi connectivity index (χ0n) is 16.6. The Morgan fingerprint density at radius 1 is 1.21 bits per heavy atom. The first-order valence-electron chi connectivity index (χ1n) is 9.83. The molecule has 146 valence electrons. The molecule has 0 radical (unpaired) electrons. The SMILES string of the molecule is Cc1cc(C#CC2CC2)ccc1C(C)n1ccc(OCc2ncccn2)cc1=O. The van der Waals surface area contributed by atoms with Crippen molar-refractivity contribution in [1.29, 1.82) is 0 Å². The molecule has 5 nitrogen and oxygen atoms in total. The van der Waals surface area contributed by atoms with Crippen molar-refractivity contribution in [2.75, 3.05) is 0 Å². The second-order valence-corrected chi connectivity index (χ2v) is 7.35. The van der Waals surface area contributed by atoms with Gasteiger partial charge in [-0.15, -0.1) is 0 Å². The zero-order valence-corrected chi connectivity index (χ0v) is 16.6. The van der Waals surface area contributed by atoms with Crippen LogP contribution in [0.3, 0.4) is 0 Å². The monoisotopic (exact) mass is 385 g/mol. The van der Waals surface area contributed by atoms with Crippen LogP contribution in [-0.2, 0) is 6.61 Å². The summed E-state index contributed by atoms with van der Waals surface area (Å²) in [7, 11) is 0. The molecule has 2 aromatic heterocycles. The Hall–Kier alpha value is -3.39. The van der Waals surface area contributed by atoms with Gasteiger partial charge in [0, 0.05) is 36.1 Å². The summed E-state index contributed by atoms with van der Waals surface area (Å²) in [6.45, 7) is 4.32. The Morgan fingerprint density at radius 3 is 2.69 bits per heavy atom. The maximum absolute atomic E-state index is 12.7. The van der Waals surface area contributed by atoms with Crippen molar-refractivity contribution in [2.24, 2.45) is 5.92 Å². The first-order valence-corrected chi connectivity index (χ1v) is 9.83. The maximum Gasteiger partial charge on any atom is 0.254 e. The van der Waals surface area contributed by atoms with E-state index in [4.69, 9.17) is 4.74 Å². The molecule has 1 fully saturated rings. The minimum absolute atomic E-state index is 0.0838. The van der Waals surface area contributed by atoms with Crippen molar-refractivity contribution in [2.45, 2.75) is 39.3 Å². The number of hydrogen-bond donors (Lipinski definition) is 0. The van der Waals surface area contributed by atoms with Gasteiger partial charge in [-0.3, -0.25) is 4.79 Å². The Balaban J connectivity index is 1.49. The third-order valence-electron chi connectivity index (χ3n) is 5.04. The van der Waals surface area contributed by atoms with Crippen LogP contribution in [0.25, 0.3) is 0 Å². The minimum atomic E-state index is -0.110. The summed E-state index contributed by atoms with van der Waals surface area (Å²) in [4.78, 5) is 20.9. The lowest BCUT2D eigenvalue weighted by Gasteiger charge is -2.18. The largest absolute Gasteiger partial charge is 0.485 e. The molecule has 0 amide bonds. The fraction of sp³-hybridized carbons (Fsp3) is 0.292. The highest BCUT2D eigenvalue weighted by atomic mass is 16.5. The van der Waals surface area contributed by atoms with Crippen LogP contribution in [-0.4, -0.2) is 14.5 Å². The lowest BCUT2D eigenvalue weighted by Crippen LogP contribution is -2.23.